The molecule has 1 amide bonds. The fourth-order valence-electron chi connectivity index (χ4n) is 0.849. The maximum Gasteiger partial charge on any atom is 0.243 e. The zero-order valence-corrected chi connectivity index (χ0v) is 8.43. The van der Waals surface area contributed by atoms with Crippen molar-refractivity contribution in [1.29, 1.82) is 0 Å². The summed E-state index contributed by atoms with van der Waals surface area (Å²) in [7, 11) is 0. The Labute approximate surface area is 82.3 Å². The van der Waals surface area contributed by atoms with E-state index in [1.165, 1.54) is 0 Å². The molecule has 0 aromatic carbocycles. The van der Waals surface area contributed by atoms with Crippen LogP contribution in [-0.4, -0.2) is 12.5 Å². The van der Waals surface area contributed by atoms with E-state index in [4.69, 9.17) is 0 Å². The van der Waals surface area contributed by atoms with Gasteiger partial charge in [0.1, 0.15) is 0 Å². The average Bonchev–Trinajstić information content (AvgIpc) is 2.64. The van der Waals surface area contributed by atoms with E-state index in [9.17, 15) is 4.79 Å². The number of rotatable bonds is 4. The highest BCUT2D eigenvalue weighted by Crippen LogP contribution is 2.07. The number of carbonyl (C=O) groups is 1. The summed E-state index contributed by atoms with van der Waals surface area (Å²) in [6, 6.07) is 1.98. The van der Waals surface area contributed by atoms with Gasteiger partial charge in [0.15, 0.2) is 0 Å². The molecule has 0 radical (unpaired) electrons. The van der Waals surface area contributed by atoms with E-state index in [0.29, 0.717) is 0 Å². The SMILES string of the molecule is CCCNC(=O)/C=C/c1ccsc1. The third-order valence-corrected chi connectivity index (χ3v) is 2.22. The van der Waals surface area contributed by atoms with E-state index in [1.54, 1.807) is 17.4 Å². The van der Waals surface area contributed by atoms with Crippen LogP contribution in [0.25, 0.3) is 6.08 Å². The van der Waals surface area contributed by atoms with Gasteiger partial charge in [0.25, 0.3) is 0 Å². The Balaban J connectivity index is 2.35. The van der Waals surface area contributed by atoms with Gasteiger partial charge in [-0.2, -0.15) is 11.3 Å². The lowest BCUT2D eigenvalue weighted by Gasteiger charge is -1.96. The first-order valence-electron chi connectivity index (χ1n) is 4.31. The predicted molar refractivity (Wildman–Crippen MR) is 56.7 cm³/mol. The van der Waals surface area contributed by atoms with E-state index >= 15 is 0 Å². The van der Waals surface area contributed by atoms with E-state index < -0.39 is 0 Å². The molecule has 70 valence electrons. The number of nitrogens with one attached hydrogen (secondary N) is 1. The molecule has 0 aliphatic rings. The van der Waals surface area contributed by atoms with E-state index in [-0.39, 0.29) is 5.91 Å². The monoisotopic (exact) mass is 195 g/mol. The smallest absolute Gasteiger partial charge is 0.243 e. The molecule has 3 heteroatoms. The summed E-state index contributed by atoms with van der Waals surface area (Å²) in [4.78, 5) is 11.1. The second-order valence-corrected chi connectivity index (χ2v) is 3.46. The van der Waals surface area contributed by atoms with Crippen LogP contribution in [0.3, 0.4) is 0 Å². The van der Waals surface area contributed by atoms with Gasteiger partial charge in [0, 0.05) is 12.6 Å². The van der Waals surface area contributed by atoms with Crippen LogP contribution >= 0.6 is 11.3 Å². The molecule has 0 aliphatic carbocycles. The van der Waals surface area contributed by atoms with Crippen LogP contribution < -0.4 is 5.32 Å². The van der Waals surface area contributed by atoms with E-state index in [2.05, 4.69) is 5.32 Å². The zero-order chi connectivity index (χ0) is 9.52. The maximum absolute atomic E-state index is 11.1. The van der Waals surface area contributed by atoms with Crippen LogP contribution in [0.4, 0.5) is 0 Å². The minimum Gasteiger partial charge on any atom is -0.353 e. The fraction of sp³-hybridized carbons (Fsp3) is 0.300. The highest BCUT2D eigenvalue weighted by atomic mass is 32.1. The van der Waals surface area contributed by atoms with Gasteiger partial charge in [-0.15, -0.1) is 0 Å². The van der Waals surface area contributed by atoms with Crippen molar-refractivity contribution in [3.05, 3.63) is 28.5 Å². The fourth-order valence-corrected chi connectivity index (χ4v) is 1.48. The summed E-state index contributed by atoms with van der Waals surface area (Å²) < 4.78 is 0. The summed E-state index contributed by atoms with van der Waals surface area (Å²) >= 11 is 1.63. The second kappa shape index (κ2) is 5.54. The van der Waals surface area contributed by atoms with Crippen molar-refractivity contribution < 1.29 is 4.79 Å². The summed E-state index contributed by atoms with van der Waals surface area (Å²) in [5.41, 5.74) is 1.08. The number of carbonyl (C=O) groups excluding carboxylic acids is 1. The molecule has 0 bridgehead atoms. The molecule has 0 fully saturated rings. The van der Waals surface area contributed by atoms with Crippen LogP contribution in [0.15, 0.2) is 22.9 Å². The minimum absolute atomic E-state index is 0.0203. The average molecular weight is 195 g/mol. The van der Waals surface area contributed by atoms with Crippen molar-refractivity contribution in [3.8, 4) is 0 Å². The second-order valence-electron chi connectivity index (χ2n) is 2.68. The summed E-state index contributed by atoms with van der Waals surface area (Å²) in [5.74, 6) is -0.0203. The Bertz CT molecular complexity index is 277. The number of hydrogen-bond donors (Lipinski definition) is 1. The highest BCUT2D eigenvalue weighted by molar-refractivity contribution is 7.08. The predicted octanol–water partition coefficient (Wildman–Crippen LogP) is 2.29. The van der Waals surface area contributed by atoms with Gasteiger partial charge >= 0.3 is 0 Å². The lowest BCUT2D eigenvalue weighted by Crippen LogP contribution is -2.21. The molecular weight excluding hydrogens is 182 g/mol. The lowest BCUT2D eigenvalue weighted by molar-refractivity contribution is -0.116. The molecule has 0 unspecified atom stereocenters. The number of hydrogen-bond acceptors (Lipinski definition) is 2. The maximum atomic E-state index is 11.1. The van der Waals surface area contributed by atoms with Gasteiger partial charge in [0.05, 0.1) is 0 Å². The first-order valence-corrected chi connectivity index (χ1v) is 5.25. The Kier molecular flexibility index (Phi) is 4.26. The van der Waals surface area contributed by atoms with Crippen molar-refractivity contribution in [1.82, 2.24) is 5.32 Å². The van der Waals surface area contributed by atoms with Crippen molar-refractivity contribution >= 4 is 23.3 Å². The first kappa shape index (κ1) is 9.99. The third-order valence-electron chi connectivity index (χ3n) is 1.52. The molecule has 1 N–H and O–H groups in total. The molecule has 0 aliphatic heterocycles. The first-order chi connectivity index (χ1) is 6.33. The molecule has 0 saturated carbocycles. The van der Waals surface area contributed by atoms with Gasteiger partial charge in [-0.05, 0) is 34.9 Å². The van der Waals surface area contributed by atoms with Crippen LogP contribution in [0.5, 0.6) is 0 Å². The van der Waals surface area contributed by atoms with E-state index in [1.807, 2.05) is 29.8 Å². The molecule has 13 heavy (non-hydrogen) atoms. The molecule has 0 atom stereocenters. The van der Waals surface area contributed by atoms with Crippen LogP contribution in [0.2, 0.25) is 0 Å². The molecule has 2 nitrogen and oxygen atoms in total. The summed E-state index contributed by atoms with van der Waals surface area (Å²) in [6.07, 6.45) is 4.36. The molecule has 0 spiro atoms. The largest absolute Gasteiger partial charge is 0.353 e. The topological polar surface area (TPSA) is 29.1 Å². The third kappa shape index (κ3) is 3.90. The van der Waals surface area contributed by atoms with Gasteiger partial charge in [0.2, 0.25) is 5.91 Å². The molecule has 1 rings (SSSR count). The molecule has 1 aromatic rings. The summed E-state index contributed by atoms with van der Waals surface area (Å²) in [5, 5.41) is 6.77. The molecule has 0 saturated heterocycles. The lowest BCUT2D eigenvalue weighted by atomic mass is 10.3. The van der Waals surface area contributed by atoms with Gasteiger partial charge in [-0.1, -0.05) is 6.92 Å². The van der Waals surface area contributed by atoms with Crippen molar-refractivity contribution in [3.63, 3.8) is 0 Å². The Morgan fingerprint density at radius 3 is 3.15 bits per heavy atom. The van der Waals surface area contributed by atoms with Crippen LogP contribution in [0.1, 0.15) is 18.9 Å². The van der Waals surface area contributed by atoms with E-state index in [0.717, 1.165) is 18.5 Å². The van der Waals surface area contributed by atoms with Crippen molar-refractivity contribution in [2.75, 3.05) is 6.54 Å². The number of amides is 1. The quantitative estimate of drug-likeness (QED) is 0.734. The molecule has 1 heterocycles. The number of thiophene rings is 1. The Morgan fingerprint density at radius 1 is 1.69 bits per heavy atom. The van der Waals surface area contributed by atoms with Crippen LogP contribution in [0, 0.1) is 0 Å². The normalized spacial score (nSPS) is 10.5. The zero-order valence-electron chi connectivity index (χ0n) is 7.62. The molecular formula is C10H13NOS. The van der Waals surface area contributed by atoms with Gasteiger partial charge < -0.3 is 5.32 Å². The van der Waals surface area contributed by atoms with Crippen molar-refractivity contribution in [2.24, 2.45) is 0 Å². The Hall–Kier alpha value is -1.09. The van der Waals surface area contributed by atoms with Gasteiger partial charge in [-0.3, -0.25) is 4.79 Å². The highest BCUT2D eigenvalue weighted by Gasteiger charge is 1.92. The van der Waals surface area contributed by atoms with Crippen molar-refractivity contribution in [2.45, 2.75) is 13.3 Å². The minimum atomic E-state index is -0.0203. The molecule has 1 aromatic heterocycles. The Morgan fingerprint density at radius 2 is 2.54 bits per heavy atom. The summed E-state index contributed by atoms with van der Waals surface area (Å²) in [6.45, 7) is 2.77. The standard InChI is InChI=1S/C10H13NOS/c1-2-6-11-10(12)4-3-9-5-7-13-8-9/h3-5,7-8H,2,6H2,1H3,(H,11,12)/b4-3+. The van der Waals surface area contributed by atoms with Gasteiger partial charge in [-0.25, -0.2) is 0 Å². The van der Waals surface area contributed by atoms with Crippen LogP contribution in [-0.2, 0) is 4.79 Å².